The molecule has 0 spiro atoms. The van der Waals surface area contributed by atoms with E-state index in [9.17, 15) is 9.18 Å². The van der Waals surface area contributed by atoms with E-state index in [-0.39, 0.29) is 5.91 Å². The first kappa shape index (κ1) is 22.3. The van der Waals surface area contributed by atoms with Gasteiger partial charge < -0.3 is 14.6 Å². The number of anilines is 1. The van der Waals surface area contributed by atoms with Gasteiger partial charge in [-0.1, -0.05) is 29.4 Å². The first-order chi connectivity index (χ1) is 14.5. The number of nitrogens with zero attached hydrogens (tertiary/aromatic N) is 3. The van der Waals surface area contributed by atoms with Crippen molar-refractivity contribution < 1.29 is 13.9 Å². The number of thioether (sulfide) groups is 1. The monoisotopic (exact) mass is 448 g/mol. The summed E-state index contributed by atoms with van der Waals surface area (Å²) < 4.78 is 20.5. The average molecular weight is 449 g/mol. The lowest BCUT2D eigenvalue weighted by Crippen LogP contribution is -2.23. The molecule has 0 radical (unpaired) electrons. The number of carbonyl (C=O) groups is 1. The molecule has 0 saturated heterocycles. The van der Waals surface area contributed by atoms with E-state index >= 15 is 0 Å². The molecule has 1 atom stereocenters. The van der Waals surface area contributed by atoms with Crippen LogP contribution in [-0.2, 0) is 16.1 Å². The molecule has 0 saturated carbocycles. The number of aromatic nitrogens is 3. The topological polar surface area (TPSA) is 69.0 Å². The number of halogens is 2. The van der Waals surface area contributed by atoms with Gasteiger partial charge in [0.25, 0.3) is 0 Å². The molecule has 1 N–H and O–H groups in total. The maximum atomic E-state index is 13.4. The van der Waals surface area contributed by atoms with Crippen molar-refractivity contribution in [2.24, 2.45) is 0 Å². The molecule has 3 rings (SSSR count). The Morgan fingerprint density at radius 2 is 2.03 bits per heavy atom. The number of carbonyl (C=O) groups excluding carboxylic acids is 1. The van der Waals surface area contributed by atoms with Gasteiger partial charge in [0.15, 0.2) is 11.0 Å². The van der Waals surface area contributed by atoms with E-state index < -0.39 is 11.1 Å². The van der Waals surface area contributed by atoms with Gasteiger partial charge in [-0.25, -0.2) is 4.39 Å². The molecule has 1 amide bonds. The highest BCUT2D eigenvalue weighted by atomic mass is 35.5. The standard InChI is InChI=1S/C21H22ClFN4O2S/c1-14(20(28)24-18-6-3-5-17(23)13-18)30-21-26-25-19(27(21)11-4-12-29-2)15-7-9-16(22)10-8-15/h3,5-10,13-14H,4,11-12H2,1-2H3,(H,24,28). The van der Waals surface area contributed by atoms with Crippen LogP contribution in [0.3, 0.4) is 0 Å². The molecule has 30 heavy (non-hydrogen) atoms. The predicted molar refractivity (Wildman–Crippen MR) is 117 cm³/mol. The molecule has 9 heteroatoms. The lowest BCUT2D eigenvalue weighted by Gasteiger charge is -2.14. The summed E-state index contributed by atoms with van der Waals surface area (Å²) in [5, 5.41) is 12.2. The third kappa shape index (κ3) is 5.81. The van der Waals surface area contributed by atoms with Gasteiger partial charge in [0, 0.05) is 36.5 Å². The number of hydrogen-bond donors (Lipinski definition) is 1. The summed E-state index contributed by atoms with van der Waals surface area (Å²) in [6.07, 6.45) is 0.770. The molecule has 0 bridgehead atoms. The Morgan fingerprint density at radius 3 is 2.73 bits per heavy atom. The Labute approximate surface area is 183 Å². The lowest BCUT2D eigenvalue weighted by molar-refractivity contribution is -0.115. The zero-order chi connectivity index (χ0) is 21.5. The minimum absolute atomic E-state index is 0.245. The summed E-state index contributed by atoms with van der Waals surface area (Å²) >= 11 is 7.29. The Hall–Kier alpha value is -2.42. The molecule has 2 aromatic carbocycles. The van der Waals surface area contributed by atoms with Crippen molar-refractivity contribution in [3.63, 3.8) is 0 Å². The van der Waals surface area contributed by atoms with Gasteiger partial charge >= 0.3 is 0 Å². The molecule has 1 heterocycles. The highest BCUT2D eigenvalue weighted by Gasteiger charge is 2.21. The molecular weight excluding hydrogens is 427 g/mol. The molecule has 158 valence electrons. The fraction of sp³-hybridized carbons (Fsp3) is 0.286. The molecule has 0 fully saturated rings. The minimum atomic E-state index is -0.461. The smallest absolute Gasteiger partial charge is 0.237 e. The van der Waals surface area contributed by atoms with Crippen LogP contribution in [0, 0.1) is 5.82 Å². The second kappa shape index (κ2) is 10.6. The molecule has 0 aliphatic rings. The Balaban J connectivity index is 1.78. The van der Waals surface area contributed by atoms with Gasteiger partial charge in [0.2, 0.25) is 5.91 Å². The number of nitrogens with one attached hydrogen (secondary N) is 1. The molecular formula is C21H22ClFN4O2S. The molecule has 1 unspecified atom stereocenters. The van der Waals surface area contributed by atoms with Crippen molar-refractivity contribution >= 4 is 35.0 Å². The third-order valence-corrected chi connectivity index (χ3v) is 5.63. The number of benzene rings is 2. The molecule has 0 aliphatic heterocycles. The molecule has 6 nitrogen and oxygen atoms in total. The van der Waals surface area contributed by atoms with Gasteiger partial charge in [-0.2, -0.15) is 0 Å². The van der Waals surface area contributed by atoms with Gasteiger partial charge in [-0.15, -0.1) is 10.2 Å². The fourth-order valence-electron chi connectivity index (χ4n) is 2.78. The number of amides is 1. The minimum Gasteiger partial charge on any atom is -0.385 e. The number of methoxy groups -OCH3 is 1. The summed E-state index contributed by atoms with van der Waals surface area (Å²) in [4.78, 5) is 12.6. The van der Waals surface area contributed by atoms with Crippen LogP contribution < -0.4 is 5.32 Å². The molecule has 1 aromatic heterocycles. The van der Waals surface area contributed by atoms with Gasteiger partial charge in [0.05, 0.1) is 5.25 Å². The van der Waals surface area contributed by atoms with E-state index in [0.717, 1.165) is 12.0 Å². The summed E-state index contributed by atoms with van der Waals surface area (Å²) in [5.41, 5.74) is 1.30. The van der Waals surface area contributed by atoms with Crippen LogP contribution in [0.5, 0.6) is 0 Å². The van der Waals surface area contributed by atoms with Crippen molar-refractivity contribution in [1.29, 1.82) is 0 Å². The van der Waals surface area contributed by atoms with E-state index in [0.29, 0.717) is 34.8 Å². The van der Waals surface area contributed by atoms with Crippen molar-refractivity contribution in [1.82, 2.24) is 14.8 Å². The van der Waals surface area contributed by atoms with Crippen molar-refractivity contribution in [2.45, 2.75) is 30.3 Å². The van der Waals surface area contributed by atoms with E-state index in [2.05, 4.69) is 15.5 Å². The molecule has 3 aromatic rings. The van der Waals surface area contributed by atoms with Crippen LogP contribution in [0.15, 0.2) is 53.7 Å². The number of ether oxygens (including phenoxy) is 1. The van der Waals surface area contributed by atoms with Crippen molar-refractivity contribution in [2.75, 3.05) is 19.0 Å². The Kier molecular flexibility index (Phi) is 7.84. The summed E-state index contributed by atoms with van der Waals surface area (Å²) in [5.74, 6) is 0.0479. The van der Waals surface area contributed by atoms with E-state index in [1.54, 1.807) is 38.3 Å². The second-order valence-corrected chi connectivity index (χ2v) is 8.32. The largest absolute Gasteiger partial charge is 0.385 e. The van der Waals surface area contributed by atoms with Crippen LogP contribution in [0.1, 0.15) is 13.3 Å². The summed E-state index contributed by atoms with van der Waals surface area (Å²) in [7, 11) is 1.65. The normalized spacial score (nSPS) is 12.0. The van der Waals surface area contributed by atoms with Crippen LogP contribution in [0.25, 0.3) is 11.4 Å². The van der Waals surface area contributed by atoms with Crippen LogP contribution >= 0.6 is 23.4 Å². The SMILES string of the molecule is COCCCn1c(SC(C)C(=O)Nc2cccc(F)c2)nnc1-c1ccc(Cl)cc1. The highest BCUT2D eigenvalue weighted by Crippen LogP contribution is 2.28. The predicted octanol–water partition coefficient (Wildman–Crippen LogP) is 4.89. The van der Waals surface area contributed by atoms with E-state index in [1.807, 2.05) is 16.7 Å². The summed E-state index contributed by atoms with van der Waals surface area (Å²) in [6, 6.07) is 13.2. The number of rotatable bonds is 9. The van der Waals surface area contributed by atoms with Crippen LogP contribution in [0.2, 0.25) is 5.02 Å². The maximum Gasteiger partial charge on any atom is 0.237 e. The Bertz CT molecular complexity index is 997. The second-order valence-electron chi connectivity index (χ2n) is 6.57. The fourth-order valence-corrected chi connectivity index (χ4v) is 3.78. The first-order valence-corrected chi connectivity index (χ1v) is 10.6. The highest BCUT2D eigenvalue weighted by molar-refractivity contribution is 8.00. The van der Waals surface area contributed by atoms with Gasteiger partial charge in [-0.3, -0.25) is 4.79 Å². The quantitative estimate of drug-likeness (QED) is 0.372. The van der Waals surface area contributed by atoms with Crippen LogP contribution in [0.4, 0.5) is 10.1 Å². The van der Waals surface area contributed by atoms with E-state index in [4.69, 9.17) is 16.3 Å². The molecule has 0 aliphatic carbocycles. The first-order valence-electron chi connectivity index (χ1n) is 9.39. The lowest BCUT2D eigenvalue weighted by atomic mass is 10.2. The zero-order valence-electron chi connectivity index (χ0n) is 16.6. The van der Waals surface area contributed by atoms with Crippen molar-refractivity contribution in [3.8, 4) is 11.4 Å². The average Bonchev–Trinajstić information content (AvgIpc) is 3.11. The van der Waals surface area contributed by atoms with Gasteiger partial charge in [0.1, 0.15) is 5.82 Å². The Morgan fingerprint density at radius 1 is 1.27 bits per heavy atom. The summed E-state index contributed by atoms with van der Waals surface area (Å²) in [6.45, 7) is 3.01. The van der Waals surface area contributed by atoms with Crippen molar-refractivity contribution in [3.05, 3.63) is 59.4 Å². The maximum absolute atomic E-state index is 13.4. The zero-order valence-corrected chi connectivity index (χ0v) is 18.2. The van der Waals surface area contributed by atoms with Crippen LogP contribution in [-0.4, -0.2) is 39.6 Å². The van der Waals surface area contributed by atoms with Gasteiger partial charge in [-0.05, 0) is 55.8 Å². The number of hydrogen-bond acceptors (Lipinski definition) is 5. The van der Waals surface area contributed by atoms with E-state index in [1.165, 1.54) is 23.9 Å². The third-order valence-electron chi connectivity index (χ3n) is 4.29.